The van der Waals surface area contributed by atoms with Crippen molar-refractivity contribution in [3.63, 3.8) is 0 Å². The number of anilines is 1. The highest BCUT2D eigenvalue weighted by molar-refractivity contribution is 9.10. The van der Waals surface area contributed by atoms with Crippen molar-refractivity contribution >= 4 is 33.2 Å². The number of nitrogens with zero attached hydrogens (tertiary/aromatic N) is 2. The highest BCUT2D eigenvalue weighted by Crippen LogP contribution is 2.29. The second-order valence-corrected chi connectivity index (χ2v) is 4.95. The van der Waals surface area contributed by atoms with E-state index in [0.717, 1.165) is 10.2 Å². The zero-order valence-corrected chi connectivity index (χ0v) is 10.9. The molecule has 78 valence electrons. The molecule has 0 aliphatic carbocycles. The summed E-state index contributed by atoms with van der Waals surface area (Å²) in [7, 11) is 2.03. The van der Waals surface area contributed by atoms with Gasteiger partial charge >= 0.3 is 0 Å². The smallest absolute Gasteiger partial charge is 0.0592 e. The summed E-state index contributed by atoms with van der Waals surface area (Å²) < 4.78 is 0.987. The van der Waals surface area contributed by atoms with Gasteiger partial charge in [0.25, 0.3) is 0 Å². The Morgan fingerprint density at radius 1 is 1.57 bits per heavy atom. The van der Waals surface area contributed by atoms with Crippen LogP contribution in [0.4, 0.5) is 5.69 Å². The van der Waals surface area contributed by atoms with E-state index in [-0.39, 0.29) is 5.54 Å². The Kier molecular flexibility index (Phi) is 3.78. The Morgan fingerprint density at radius 2 is 2.21 bits per heavy atom. The normalized spacial score (nSPS) is 11.5. The average Bonchev–Trinajstić information content (AvgIpc) is 2.17. The number of halogens is 2. The van der Waals surface area contributed by atoms with Crippen molar-refractivity contribution in [3.05, 3.63) is 22.9 Å². The molecule has 0 saturated heterocycles. The van der Waals surface area contributed by atoms with Gasteiger partial charge in [0.15, 0.2) is 0 Å². The predicted octanol–water partition coefficient (Wildman–Crippen LogP) is 3.30. The van der Waals surface area contributed by atoms with Crippen LogP contribution in [0.15, 0.2) is 22.9 Å². The standard InChI is InChI=1S/C10H14BrClN2/c1-10(2,7-12)14(3)9-4-5-13-6-8(9)11/h4-6H,7H2,1-3H3. The fraction of sp³-hybridized carbons (Fsp3) is 0.500. The maximum Gasteiger partial charge on any atom is 0.0592 e. The molecule has 1 heterocycles. The molecule has 1 rings (SSSR count). The summed E-state index contributed by atoms with van der Waals surface area (Å²) in [5.74, 6) is 0.582. The third-order valence-electron chi connectivity index (χ3n) is 2.35. The van der Waals surface area contributed by atoms with E-state index in [1.54, 1.807) is 12.4 Å². The molecule has 0 atom stereocenters. The molecule has 0 aromatic carbocycles. The molecule has 0 radical (unpaired) electrons. The number of hydrogen-bond acceptors (Lipinski definition) is 2. The Balaban J connectivity index is 3.00. The molecule has 0 unspecified atom stereocenters. The maximum atomic E-state index is 5.92. The van der Waals surface area contributed by atoms with Crippen molar-refractivity contribution in [3.8, 4) is 0 Å². The molecular formula is C10H14BrClN2. The fourth-order valence-electron chi connectivity index (χ4n) is 1.06. The quantitative estimate of drug-likeness (QED) is 0.788. The van der Waals surface area contributed by atoms with Gasteiger partial charge in [-0.25, -0.2) is 0 Å². The van der Waals surface area contributed by atoms with Crippen molar-refractivity contribution in [2.24, 2.45) is 0 Å². The lowest BCUT2D eigenvalue weighted by Crippen LogP contribution is -2.43. The minimum Gasteiger partial charge on any atom is -0.367 e. The molecule has 1 aromatic rings. The summed E-state index contributed by atoms with van der Waals surface area (Å²) in [4.78, 5) is 6.17. The van der Waals surface area contributed by atoms with Crippen molar-refractivity contribution in [2.45, 2.75) is 19.4 Å². The van der Waals surface area contributed by atoms with Crippen LogP contribution in [0, 0.1) is 0 Å². The van der Waals surface area contributed by atoms with Gasteiger partial charge in [0.1, 0.15) is 0 Å². The molecule has 0 fully saturated rings. The van der Waals surface area contributed by atoms with E-state index in [9.17, 15) is 0 Å². The molecule has 4 heteroatoms. The first-order valence-electron chi connectivity index (χ1n) is 4.38. The topological polar surface area (TPSA) is 16.1 Å². The third kappa shape index (κ3) is 2.39. The molecule has 0 amide bonds. The van der Waals surface area contributed by atoms with Gasteiger partial charge in [-0.3, -0.25) is 4.98 Å². The number of alkyl halides is 1. The molecule has 1 aromatic heterocycles. The molecule has 14 heavy (non-hydrogen) atoms. The first kappa shape index (κ1) is 11.8. The van der Waals surface area contributed by atoms with Crippen LogP contribution in [0.3, 0.4) is 0 Å². The Hall–Kier alpha value is -0.280. The van der Waals surface area contributed by atoms with E-state index in [1.807, 2.05) is 13.1 Å². The minimum absolute atomic E-state index is 0.0641. The molecular weight excluding hydrogens is 263 g/mol. The van der Waals surface area contributed by atoms with Crippen LogP contribution in [0.2, 0.25) is 0 Å². The lowest BCUT2D eigenvalue weighted by Gasteiger charge is -2.36. The Morgan fingerprint density at radius 3 is 2.71 bits per heavy atom. The van der Waals surface area contributed by atoms with E-state index < -0.39 is 0 Å². The number of rotatable bonds is 3. The van der Waals surface area contributed by atoms with Crippen LogP contribution in [-0.4, -0.2) is 23.5 Å². The molecule has 0 N–H and O–H groups in total. The van der Waals surface area contributed by atoms with Crippen molar-refractivity contribution in [1.29, 1.82) is 0 Å². The summed E-state index contributed by atoms with van der Waals surface area (Å²) in [6.45, 7) is 4.21. The number of aromatic nitrogens is 1. The first-order valence-corrected chi connectivity index (χ1v) is 5.71. The zero-order chi connectivity index (χ0) is 10.8. The van der Waals surface area contributed by atoms with Gasteiger partial charge in [-0.1, -0.05) is 0 Å². The SMILES string of the molecule is CN(c1ccncc1Br)C(C)(C)CCl. The van der Waals surface area contributed by atoms with Crippen molar-refractivity contribution in [2.75, 3.05) is 17.8 Å². The van der Waals surface area contributed by atoms with Crippen LogP contribution >= 0.6 is 27.5 Å². The van der Waals surface area contributed by atoms with Crippen LogP contribution in [-0.2, 0) is 0 Å². The lowest BCUT2D eigenvalue weighted by atomic mass is 10.1. The minimum atomic E-state index is -0.0641. The Labute approximate surface area is 98.4 Å². The molecule has 0 saturated carbocycles. The summed E-state index contributed by atoms with van der Waals surface area (Å²) in [5, 5.41) is 0. The molecule has 0 aliphatic rings. The number of pyridine rings is 1. The van der Waals surface area contributed by atoms with Gasteiger partial charge in [-0.15, -0.1) is 11.6 Å². The predicted molar refractivity (Wildman–Crippen MR) is 65.1 cm³/mol. The van der Waals surface area contributed by atoms with Crippen LogP contribution in [0.1, 0.15) is 13.8 Å². The van der Waals surface area contributed by atoms with E-state index >= 15 is 0 Å². The molecule has 0 bridgehead atoms. The van der Waals surface area contributed by atoms with Gasteiger partial charge in [0, 0.05) is 30.9 Å². The Bertz CT molecular complexity index is 315. The van der Waals surface area contributed by atoms with Crippen molar-refractivity contribution < 1.29 is 0 Å². The summed E-state index contributed by atoms with van der Waals surface area (Å²) in [5.41, 5.74) is 1.04. The van der Waals surface area contributed by atoms with Crippen molar-refractivity contribution in [1.82, 2.24) is 4.98 Å². The summed E-state index contributed by atoms with van der Waals surface area (Å²) in [6, 6.07) is 1.97. The second kappa shape index (κ2) is 4.49. The van der Waals surface area contributed by atoms with Gasteiger partial charge < -0.3 is 4.90 Å². The fourth-order valence-corrected chi connectivity index (χ4v) is 1.75. The molecule has 0 aliphatic heterocycles. The average molecular weight is 278 g/mol. The van der Waals surface area contributed by atoms with Crippen LogP contribution < -0.4 is 4.90 Å². The van der Waals surface area contributed by atoms with Crippen LogP contribution in [0.5, 0.6) is 0 Å². The van der Waals surface area contributed by atoms with Gasteiger partial charge in [-0.2, -0.15) is 0 Å². The zero-order valence-electron chi connectivity index (χ0n) is 8.59. The van der Waals surface area contributed by atoms with E-state index in [4.69, 9.17) is 11.6 Å². The van der Waals surface area contributed by atoms with E-state index in [1.165, 1.54) is 0 Å². The summed E-state index contributed by atoms with van der Waals surface area (Å²) in [6.07, 6.45) is 3.57. The maximum absolute atomic E-state index is 5.92. The van der Waals surface area contributed by atoms with E-state index in [2.05, 4.69) is 39.7 Å². The first-order chi connectivity index (χ1) is 6.49. The number of hydrogen-bond donors (Lipinski definition) is 0. The highest BCUT2D eigenvalue weighted by atomic mass is 79.9. The summed E-state index contributed by atoms with van der Waals surface area (Å²) >= 11 is 9.39. The van der Waals surface area contributed by atoms with Gasteiger partial charge in [0.2, 0.25) is 0 Å². The van der Waals surface area contributed by atoms with Gasteiger partial charge in [-0.05, 0) is 35.8 Å². The monoisotopic (exact) mass is 276 g/mol. The van der Waals surface area contributed by atoms with E-state index in [0.29, 0.717) is 5.88 Å². The second-order valence-electron chi connectivity index (χ2n) is 3.83. The lowest BCUT2D eigenvalue weighted by molar-refractivity contribution is 0.544. The molecule has 0 spiro atoms. The largest absolute Gasteiger partial charge is 0.367 e. The molecule has 2 nitrogen and oxygen atoms in total. The third-order valence-corrected chi connectivity index (χ3v) is 3.61. The van der Waals surface area contributed by atoms with Crippen LogP contribution in [0.25, 0.3) is 0 Å². The van der Waals surface area contributed by atoms with Gasteiger partial charge in [0.05, 0.1) is 10.2 Å². The highest BCUT2D eigenvalue weighted by Gasteiger charge is 2.23.